The monoisotopic (exact) mass is 275 g/mol. The minimum atomic E-state index is -0.252. The molecule has 0 saturated heterocycles. The summed E-state index contributed by atoms with van der Waals surface area (Å²) in [6, 6.07) is 8.12. The van der Waals surface area contributed by atoms with E-state index >= 15 is 0 Å². The molecule has 0 aliphatic rings. The van der Waals surface area contributed by atoms with Gasteiger partial charge in [-0.1, -0.05) is 19.1 Å². The van der Waals surface area contributed by atoms with Gasteiger partial charge < -0.3 is 10.7 Å². The van der Waals surface area contributed by atoms with Crippen molar-refractivity contribution in [3.8, 4) is 0 Å². The smallest absolute Gasteiger partial charge is 0.145 e. The molecule has 0 saturated carbocycles. The van der Waals surface area contributed by atoms with E-state index in [-0.39, 0.29) is 11.9 Å². The summed E-state index contributed by atoms with van der Waals surface area (Å²) in [7, 11) is 0. The number of hydrogen-bond acceptors (Lipinski definition) is 5. The average Bonchev–Trinajstić information content (AvgIpc) is 2.46. The number of rotatable bonds is 5. The molecule has 1 atom stereocenters. The first-order chi connectivity index (χ1) is 9.62. The first-order valence-corrected chi connectivity index (χ1v) is 6.49. The van der Waals surface area contributed by atoms with Crippen LogP contribution in [0.25, 0.3) is 0 Å². The highest BCUT2D eigenvalue weighted by Crippen LogP contribution is 2.20. The number of benzene rings is 1. The number of nitrogens with one attached hydrogen (secondary N) is 2. The lowest BCUT2D eigenvalue weighted by atomic mass is 10.1. The maximum Gasteiger partial charge on any atom is 0.145 e. The van der Waals surface area contributed by atoms with Crippen molar-refractivity contribution in [1.82, 2.24) is 9.97 Å². The average molecular weight is 275 g/mol. The molecule has 0 amide bonds. The molecule has 4 N–H and O–H groups in total. The normalized spacial score (nSPS) is 12.0. The van der Waals surface area contributed by atoms with Crippen molar-refractivity contribution in [3.05, 3.63) is 47.5 Å². The number of hydrazine groups is 1. The number of nitrogens with two attached hydrogens (primary N) is 1. The maximum atomic E-state index is 13.2. The van der Waals surface area contributed by atoms with Gasteiger partial charge in [0.2, 0.25) is 0 Å². The van der Waals surface area contributed by atoms with Crippen LogP contribution >= 0.6 is 0 Å². The Bertz CT molecular complexity index is 565. The Balaban J connectivity index is 2.20. The van der Waals surface area contributed by atoms with Crippen LogP contribution in [0.2, 0.25) is 0 Å². The van der Waals surface area contributed by atoms with Crippen LogP contribution in [-0.4, -0.2) is 9.97 Å². The van der Waals surface area contributed by atoms with E-state index in [0.29, 0.717) is 23.9 Å². The lowest BCUT2D eigenvalue weighted by Gasteiger charge is -2.16. The molecule has 106 valence electrons. The van der Waals surface area contributed by atoms with Crippen molar-refractivity contribution in [1.29, 1.82) is 0 Å². The van der Waals surface area contributed by atoms with Crippen molar-refractivity contribution in [2.24, 2.45) is 5.84 Å². The Kier molecular flexibility index (Phi) is 4.47. The second-order valence-corrected chi connectivity index (χ2v) is 4.47. The van der Waals surface area contributed by atoms with Gasteiger partial charge in [0.1, 0.15) is 23.3 Å². The molecule has 0 aliphatic carbocycles. The molecular weight excluding hydrogens is 257 g/mol. The standard InChI is InChI=1S/C14H18FN5/c1-3-12-18-13(8-14(19-12)20-16)17-9(2)10-5-4-6-11(15)7-10/h4-9H,3,16H2,1-2H3,(H2,17,18,19,20). The Morgan fingerprint density at radius 2 is 2.00 bits per heavy atom. The van der Waals surface area contributed by atoms with Crippen LogP contribution in [-0.2, 0) is 6.42 Å². The van der Waals surface area contributed by atoms with E-state index in [1.807, 2.05) is 19.9 Å². The van der Waals surface area contributed by atoms with Crippen molar-refractivity contribution in [2.45, 2.75) is 26.3 Å². The van der Waals surface area contributed by atoms with Gasteiger partial charge in [-0.2, -0.15) is 0 Å². The molecule has 1 aromatic carbocycles. The summed E-state index contributed by atoms with van der Waals surface area (Å²) in [6.45, 7) is 3.91. The quantitative estimate of drug-likeness (QED) is 0.577. The third-order valence-corrected chi connectivity index (χ3v) is 2.95. The Hall–Kier alpha value is -2.21. The predicted molar refractivity (Wildman–Crippen MR) is 77.7 cm³/mol. The number of aromatic nitrogens is 2. The van der Waals surface area contributed by atoms with Crippen LogP contribution in [0.15, 0.2) is 30.3 Å². The second kappa shape index (κ2) is 6.29. The van der Waals surface area contributed by atoms with E-state index in [1.54, 1.807) is 12.1 Å². The van der Waals surface area contributed by atoms with E-state index in [4.69, 9.17) is 5.84 Å². The third kappa shape index (κ3) is 3.42. The lowest BCUT2D eigenvalue weighted by Crippen LogP contribution is -2.13. The van der Waals surface area contributed by atoms with Gasteiger partial charge in [0.15, 0.2) is 0 Å². The lowest BCUT2D eigenvalue weighted by molar-refractivity contribution is 0.623. The Labute approximate surface area is 117 Å². The molecule has 1 unspecified atom stereocenters. The molecule has 0 bridgehead atoms. The van der Waals surface area contributed by atoms with E-state index in [2.05, 4.69) is 20.7 Å². The van der Waals surface area contributed by atoms with Gasteiger partial charge in [-0.15, -0.1) is 0 Å². The van der Waals surface area contributed by atoms with Crippen LogP contribution < -0.4 is 16.6 Å². The number of nitrogens with zero attached hydrogens (tertiary/aromatic N) is 2. The summed E-state index contributed by atoms with van der Waals surface area (Å²) in [4.78, 5) is 8.59. The number of halogens is 1. The SMILES string of the molecule is CCc1nc(NN)cc(NC(C)c2cccc(F)c2)n1. The van der Waals surface area contributed by atoms with Gasteiger partial charge in [0, 0.05) is 12.5 Å². The molecule has 2 rings (SSSR count). The van der Waals surface area contributed by atoms with Crippen LogP contribution in [0, 0.1) is 5.82 Å². The maximum absolute atomic E-state index is 13.2. The van der Waals surface area contributed by atoms with E-state index < -0.39 is 0 Å². The van der Waals surface area contributed by atoms with Gasteiger partial charge in [-0.3, -0.25) is 0 Å². The minimum absolute atomic E-state index is 0.0732. The highest BCUT2D eigenvalue weighted by molar-refractivity contribution is 5.48. The Morgan fingerprint density at radius 3 is 2.65 bits per heavy atom. The fraction of sp³-hybridized carbons (Fsp3) is 0.286. The Morgan fingerprint density at radius 1 is 1.25 bits per heavy atom. The summed E-state index contributed by atoms with van der Waals surface area (Å²) in [5, 5.41) is 3.22. The second-order valence-electron chi connectivity index (χ2n) is 4.47. The highest BCUT2D eigenvalue weighted by atomic mass is 19.1. The van der Waals surface area contributed by atoms with Gasteiger partial charge in [0.25, 0.3) is 0 Å². The van der Waals surface area contributed by atoms with Crippen molar-refractivity contribution >= 4 is 11.6 Å². The first kappa shape index (κ1) is 14.2. The minimum Gasteiger partial charge on any atom is -0.363 e. The molecule has 1 aromatic heterocycles. The first-order valence-electron chi connectivity index (χ1n) is 6.49. The summed E-state index contributed by atoms with van der Waals surface area (Å²) in [5.74, 6) is 7.02. The van der Waals surface area contributed by atoms with Crippen LogP contribution in [0.5, 0.6) is 0 Å². The van der Waals surface area contributed by atoms with Crippen molar-refractivity contribution < 1.29 is 4.39 Å². The fourth-order valence-corrected chi connectivity index (χ4v) is 1.88. The zero-order valence-corrected chi connectivity index (χ0v) is 11.5. The molecule has 5 nitrogen and oxygen atoms in total. The van der Waals surface area contributed by atoms with E-state index in [0.717, 1.165) is 5.56 Å². The predicted octanol–water partition coefficient (Wildman–Crippen LogP) is 2.64. The summed E-state index contributed by atoms with van der Waals surface area (Å²) in [6.07, 6.45) is 0.707. The summed E-state index contributed by atoms with van der Waals surface area (Å²) >= 11 is 0. The van der Waals surface area contributed by atoms with Crippen LogP contribution in [0.1, 0.15) is 31.3 Å². The molecule has 0 fully saturated rings. The fourth-order valence-electron chi connectivity index (χ4n) is 1.88. The molecule has 0 radical (unpaired) electrons. The topological polar surface area (TPSA) is 75.9 Å². The number of aryl methyl sites for hydroxylation is 1. The van der Waals surface area contributed by atoms with Gasteiger partial charge >= 0.3 is 0 Å². The summed E-state index contributed by atoms with van der Waals surface area (Å²) < 4.78 is 13.2. The van der Waals surface area contributed by atoms with Gasteiger partial charge in [-0.05, 0) is 24.6 Å². The molecule has 20 heavy (non-hydrogen) atoms. The van der Waals surface area contributed by atoms with E-state index in [1.165, 1.54) is 12.1 Å². The number of nitrogen functional groups attached to an aromatic ring is 1. The zero-order valence-electron chi connectivity index (χ0n) is 11.5. The molecule has 0 spiro atoms. The largest absolute Gasteiger partial charge is 0.363 e. The van der Waals surface area contributed by atoms with Crippen LogP contribution in [0.3, 0.4) is 0 Å². The van der Waals surface area contributed by atoms with E-state index in [9.17, 15) is 4.39 Å². The van der Waals surface area contributed by atoms with Crippen molar-refractivity contribution in [2.75, 3.05) is 10.7 Å². The van der Waals surface area contributed by atoms with Crippen molar-refractivity contribution in [3.63, 3.8) is 0 Å². The third-order valence-electron chi connectivity index (χ3n) is 2.95. The molecule has 2 aromatic rings. The molecule has 6 heteroatoms. The number of hydrogen-bond donors (Lipinski definition) is 3. The highest BCUT2D eigenvalue weighted by Gasteiger charge is 2.09. The number of anilines is 2. The van der Waals surface area contributed by atoms with Crippen LogP contribution in [0.4, 0.5) is 16.0 Å². The van der Waals surface area contributed by atoms with Gasteiger partial charge in [0.05, 0.1) is 6.04 Å². The zero-order chi connectivity index (χ0) is 14.5. The summed E-state index contributed by atoms with van der Waals surface area (Å²) in [5.41, 5.74) is 3.36. The molecule has 0 aliphatic heterocycles. The molecular formula is C14H18FN5. The van der Waals surface area contributed by atoms with Gasteiger partial charge in [-0.25, -0.2) is 20.2 Å². The molecule has 1 heterocycles.